The van der Waals surface area contributed by atoms with Crippen molar-refractivity contribution in [1.82, 2.24) is 5.32 Å². The maximum absolute atomic E-state index is 12.2. The summed E-state index contributed by atoms with van der Waals surface area (Å²) in [5.74, 6) is -2.21. The summed E-state index contributed by atoms with van der Waals surface area (Å²) in [7, 11) is 0. The van der Waals surface area contributed by atoms with Crippen LogP contribution in [0.3, 0.4) is 0 Å². The van der Waals surface area contributed by atoms with Gasteiger partial charge in [0, 0.05) is 12.0 Å². The van der Waals surface area contributed by atoms with Gasteiger partial charge in [-0.3, -0.25) is 4.79 Å². The Morgan fingerprint density at radius 3 is 2.53 bits per heavy atom. The number of alkyl halides is 3. The van der Waals surface area contributed by atoms with Crippen LogP contribution in [0.4, 0.5) is 13.2 Å². The van der Waals surface area contributed by atoms with E-state index in [1.54, 1.807) is 0 Å². The Bertz CT molecular complexity index is 239. The zero-order valence-electron chi connectivity index (χ0n) is 8.90. The van der Waals surface area contributed by atoms with E-state index in [9.17, 15) is 18.0 Å². The molecule has 5 heteroatoms. The molecular weight excluding hydrogens is 207 g/mol. The fourth-order valence-corrected chi connectivity index (χ4v) is 1.97. The van der Waals surface area contributed by atoms with Crippen LogP contribution in [0.5, 0.6) is 0 Å². The van der Waals surface area contributed by atoms with Crippen molar-refractivity contribution in [2.75, 3.05) is 6.54 Å². The van der Waals surface area contributed by atoms with Crippen LogP contribution in [0, 0.1) is 11.8 Å². The predicted molar refractivity (Wildman–Crippen MR) is 50.4 cm³/mol. The Kier molecular flexibility index (Phi) is 3.76. The molecular formula is C10H16F3NO. The number of piperidine rings is 1. The van der Waals surface area contributed by atoms with E-state index >= 15 is 0 Å². The van der Waals surface area contributed by atoms with E-state index in [1.807, 2.05) is 6.92 Å². The first kappa shape index (κ1) is 12.5. The standard InChI is InChI=1S/C10H16F3NO/c1-6-3-4-14-8(5-6)7(2)9(15)10(11,12)13/h6-8,14H,3-5H2,1-2H3. The molecule has 15 heavy (non-hydrogen) atoms. The topological polar surface area (TPSA) is 29.1 Å². The van der Waals surface area contributed by atoms with Crippen LogP contribution in [-0.4, -0.2) is 24.5 Å². The molecule has 0 amide bonds. The van der Waals surface area contributed by atoms with Gasteiger partial charge in [0.2, 0.25) is 5.78 Å². The molecule has 3 unspecified atom stereocenters. The van der Waals surface area contributed by atoms with Gasteiger partial charge < -0.3 is 5.32 Å². The number of carbonyl (C=O) groups excluding carboxylic acids is 1. The molecule has 1 aliphatic heterocycles. The molecule has 3 atom stereocenters. The van der Waals surface area contributed by atoms with Gasteiger partial charge in [0.25, 0.3) is 0 Å². The molecule has 1 N–H and O–H groups in total. The summed E-state index contributed by atoms with van der Waals surface area (Å²) in [5.41, 5.74) is 0. The van der Waals surface area contributed by atoms with Crippen LogP contribution >= 0.6 is 0 Å². The fourth-order valence-electron chi connectivity index (χ4n) is 1.97. The summed E-state index contributed by atoms with van der Waals surface area (Å²) in [6.07, 6.45) is -3.10. The van der Waals surface area contributed by atoms with Crippen LogP contribution in [0.15, 0.2) is 0 Å². The Balaban J connectivity index is 2.59. The van der Waals surface area contributed by atoms with E-state index in [0.29, 0.717) is 18.9 Å². The zero-order chi connectivity index (χ0) is 11.6. The summed E-state index contributed by atoms with van der Waals surface area (Å²) < 4.78 is 36.5. The number of halogens is 3. The highest BCUT2D eigenvalue weighted by Crippen LogP contribution is 2.27. The second kappa shape index (κ2) is 4.51. The summed E-state index contributed by atoms with van der Waals surface area (Å²) in [6.45, 7) is 4.05. The van der Waals surface area contributed by atoms with Gasteiger partial charge >= 0.3 is 6.18 Å². The fraction of sp³-hybridized carbons (Fsp3) is 0.900. The van der Waals surface area contributed by atoms with Gasteiger partial charge in [0.1, 0.15) is 0 Å². The second-order valence-electron chi connectivity index (χ2n) is 4.34. The lowest BCUT2D eigenvalue weighted by Crippen LogP contribution is -2.47. The molecule has 1 aliphatic rings. The van der Waals surface area contributed by atoms with Gasteiger partial charge in [-0.2, -0.15) is 13.2 Å². The minimum atomic E-state index is -4.71. The number of ketones is 1. The zero-order valence-corrected chi connectivity index (χ0v) is 8.90. The highest BCUT2D eigenvalue weighted by Gasteiger charge is 2.44. The van der Waals surface area contributed by atoms with Gasteiger partial charge in [-0.1, -0.05) is 13.8 Å². The van der Waals surface area contributed by atoms with Crippen molar-refractivity contribution in [2.45, 2.75) is 38.9 Å². The minimum Gasteiger partial charge on any atom is -0.313 e. The van der Waals surface area contributed by atoms with Crippen LogP contribution in [0.1, 0.15) is 26.7 Å². The molecule has 0 aromatic rings. The molecule has 0 spiro atoms. The molecule has 1 rings (SSSR count). The molecule has 0 aromatic carbocycles. The van der Waals surface area contributed by atoms with Crippen LogP contribution in [0.2, 0.25) is 0 Å². The van der Waals surface area contributed by atoms with Crippen molar-refractivity contribution in [3.63, 3.8) is 0 Å². The molecule has 0 aromatic heterocycles. The van der Waals surface area contributed by atoms with Crippen molar-refractivity contribution in [2.24, 2.45) is 11.8 Å². The molecule has 1 saturated heterocycles. The van der Waals surface area contributed by atoms with Gasteiger partial charge in [-0.05, 0) is 25.3 Å². The van der Waals surface area contributed by atoms with Crippen molar-refractivity contribution < 1.29 is 18.0 Å². The molecule has 0 radical (unpaired) electrons. The third kappa shape index (κ3) is 3.19. The maximum Gasteiger partial charge on any atom is 0.450 e. The maximum atomic E-state index is 12.2. The molecule has 2 nitrogen and oxygen atoms in total. The second-order valence-corrected chi connectivity index (χ2v) is 4.34. The Morgan fingerprint density at radius 2 is 2.07 bits per heavy atom. The average molecular weight is 223 g/mol. The number of rotatable bonds is 2. The van der Waals surface area contributed by atoms with E-state index in [0.717, 1.165) is 6.42 Å². The normalized spacial score (nSPS) is 29.9. The average Bonchev–Trinajstić information content (AvgIpc) is 2.14. The number of carbonyl (C=O) groups is 1. The van der Waals surface area contributed by atoms with Crippen molar-refractivity contribution in [3.05, 3.63) is 0 Å². The molecule has 0 bridgehead atoms. The smallest absolute Gasteiger partial charge is 0.313 e. The van der Waals surface area contributed by atoms with Crippen LogP contribution in [-0.2, 0) is 4.79 Å². The summed E-state index contributed by atoms with van der Waals surface area (Å²) >= 11 is 0. The molecule has 0 saturated carbocycles. The highest BCUT2D eigenvalue weighted by molar-refractivity contribution is 5.86. The van der Waals surface area contributed by atoms with E-state index in [1.165, 1.54) is 6.92 Å². The lowest BCUT2D eigenvalue weighted by atomic mass is 9.85. The van der Waals surface area contributed by atoms with Crippen molar-refractivity contribution in [3.8, 4) is 0 Å². The highest BCUT2D eigenvalue weighted by atomic mass is 19.4. The summed E-state index contributed by atoms with van der Waals surface area (Å²) in [6, 6.07) is -0.331. The van der Waals surface area contributed by atoms with Gasteiger partial charge in [-0.15, -0.1) is 0 Å². The Labute approximate surface area is 87.2 Å². The Morgan fingerprint density at radius 1 is 1.47 bits per heavy atom. The van der Waals surface area contributed by atoms with Crippen molar-refractivity contribution >= 4 is 5.78 Å². The number of hydrogen-bond donors (Lipinski definition) is 1. The quantitative estimate of drug-likeness (QED) is 0.777. The molecule has 0 aliphatic carbocycles. The number of hydrogen-bond acceptors (Lipinski definition) is 2. The van der Waals surface area contributed by atoms with Crippen LogP contribution < -0.4 is 5.32 Å². The molecule has 1 heterocycles. The van der Waals surface area contributed by atoms with E-state index in [4.69, 9.17) is 0 Å². The van der Waals surface area contributed by atoms with Gasteiger partial charge in [-0.25, -0.2) is 0 Å². The molecule has 88 valence electrons. The summed E-state index contributed by atoms with van der Waals surface area (Å²) in [5, 5.41) is 2.98. The minimum absolute atomic E-state index is 0.331. The number of nitrogens with one attached hydrogen (secondary N) is 1. The SMILES string of the molecule is CC1CCNC(C(C)C(=O)C(F)(F)F)C1. The third-order valence-electron chi connectivity index (χ3n) is 3.00. The van der Waals surface area contributed by atoms with E-state index in [-0.39, 0.29) is 6.04 Å². The van der Waals surface area contributed by atoms with Gasteiger partial charge in [0.05, 0.1) is 0 Å². The predicted octanol–water partition coefficient (Wildman–Crippen LogP) is 2.14. The lowest BCUT2D eigenvalue weighted by Gasteiger charge is -2.32. The first-order valence-corrected chi connectivity index (χ1v) is 5.16. The monoisotopic (exact) mass is 223 g/mol. The largest absolute Gasteiger partial charge is 0.450 e. The Hall–Kier alpha value is -0.580. The van der Waals surface area contributed by atoms with Crippen LogP contribution in [0.25, 0.3) is 0 Å². The van der Waals surface area contributed by atoms with Crippen molar-refractivity contribution in [1.29, 1.82) is 0 Å². The van der Waals surface area contributed by atoms with E-state index < -0.39 is 17.9 Å². The number of Topliss-reactive ketones (excluding diaryl/α,β-unsaturated/α-hetero) is 1. The van der Waals surface area contributed by atoms with Gasteiger partial charge in [0.15, 0.2) is 0 Å². The third-order valence-corrected chi connectivity index (χ3v) is 3.00. The molecule has 1 fully saturated rings. The van der Waals surface area contributed by atoms with E-state index in [2.05, 4.69) is 5.32 Å². The lowest BCUT2D eigenvalue weighted by molar-refractivity contribution is -0.176. The first-order valence-electron chi connectivity index (χ1n) is 5.16. The first-order chi connectivity index (χ1) is 6.82. The summed E-state index contributed by atoms with van der Waals surface area (Å²) in [4.78, 5) is 11.0.